The molecule has 1 saturated carbocycles. The van der Waals surface area contributed by atoms with Gasteiger partial charge in [0.05, 0.1) is 10.6 Å². The van der Waals surface area contributed by atoms with E-state index in [1.807, 2.05) is 0 Å². The first kappa shape index (κ1) is 19.8. The van der Waals surface area contributed by atoms with Crippen molar-refractivity contribution in [2.24, 2.45) is 5.92 Å². The topological polar surface area (TPSA) is 26.3 Å². The predicted octanol–water partition coefficient (Wildman–Crippen LogP) is 6.91. The lowest BCUT2D eigenvalue weighted by molar-refractivity contribution is 0.0729. The molecule has 2 aromatic carbocycles. The van der Waals surface area contributed by atoms with E-state index in [4.69, 9.17) is 16.3 Å². The summed E-state index contributed by atoms with van der Waals surface area (Å²) in [7, 11) is 0. The van der Waals surface area contributed by atoms with Crippen molar-refractivity contribution in [1.82, 2.24) is 0 Å². The SMILES string of the molecule is CCC[C@H]1CC[C@H](c2ccc(C(=O)Oc3ccc(Cl)c(F)c3)c(F)c2)CC1. The van der Waals surface area contributed by atoms with Crippen LogP contribution in [0.4, 0.5) is 8.78 Å². The first-order valence-corrected chi connectivity index (χ1v) is 9.82. The van der Waals surface area contributed by atoms with Gasteiger partial charge >= 0.3 is 5.97 Å². The number of carbonyl (C=O) groups excluding carboxylic acids is 1. The molecule has 144 valence electrons. The summed E-state index contributed by atoms with van der Waals surface area (Å²) in [6.07, 6.45) is 6.92. The Morgan fingerprint density at radius 2 is 1.81 bits per heavy atom. The minimum atomic E-state index is -0.854. The van der Waals surface area contributed by atoms with E-state index >= 15 is 0 Å². The second-order valence-electron chi connectivity index (χ2n) is 7.21. The molecule has 2 aromatic rings. The van der Waals surface area contributed by atoms with Crippen molar-refractivity contribution in [3.05, 3.63) is 64.2 Å². The van der Waals surface area contributed by atoms with Gasteiger partial charge in [0.25, 0.3) is 0 Å². The van der Waals surface area contributed by atoms with E-state index in [2.05, 4.69) is 6.92 Å². The van der Waals surface area contributed by atoms with Crippen molar-refractivity contribution in [3.63, 3.8) is 0 Å². The van der Waals surface area contributed by atoms with E-state index < -0.39 is 17.6 Å². The summed E-state index contributed by atoms with van der Waals surface area (Å²) in [6, 6.07) is 8.34. The number of halogens is 3. The molecule has 0 aromatic heterocycles. The van der Waals surface area contributed by atoms with Gasteiger partial charge in [-0.3, -0.25) is 0 Å². The summed E-state index contributed by atoms with van der Waals surface area (Å²) >= 11 is 5.60. The van der Waals surface area contributed by atoms with Crippen molar-refractivity contribution < 1.29 is 18.3 Å². The highest BCUT2D eigenvalue weighted by atomic mass is 35.5. The van der Waals surface area contributed by atoms with E-state index in [0.717, 1.165) is 30.4 Å². The molecule has 5 heteroatoms. The van der Waals surface area contributed by atoms with Crippen LogP contribution in [-0.4, -0.2) is 5.97 Å². The van der Waals surface area contributed by atoms with Gasteiger partial charge in [-0.05, 0) is 67.3 Å². The zero-order valence-corrected chi connectivity index (χ0v) is 16.1. The van der Waals surface area contributed by atoms with E-state index in [9.17, 15) is 13.6 Å². The lowest BCUT2D eigenvalue weighted by Gasteiger charge is -2.28. The first-order chi connectivity index (χ1) is 13.0. The number of hydrogen-bond donors (Lipinski definition) is 0. The van der Waals surface area contributed by atoms with Crippen molar-refractivity contribution in [3.8, 4) is 5.75 Å². The van der Waals surface area contributed by atoms with Gasteiger partial charge in [0.15, 0.2) is 0 Å². The van der Waals surface area contributed by atoms with Crippen LogP contribution in [0.5, 0.6) is 5.75 Å². The third-order valence-electron chi connectivity index (χ3n) is 5.33. The van der Waals surface area contributed by atoms with Gasteiger partial charge < -0.3 is 4.74 Å². The molecule has 0 amide bonds. The Kier molecular flexibility index (Phi) is 6.48. The minimum absolute atomic E-state index is 0.0142. The number of ether oxygens (including phenoxy) is 1. The molecule has 1 aliphatic carbocycles. The van der Waals surface area contributed by atoms with Gasteiger partial charge in [-0.1, -0.05) is 37.4 Å². The monoisotopic (exact) mass is 392 g/mol. The van der Waals surface area contributed by atoms with Gasteiger partial charge in [0, 0.05) is 6.07 Å². The molecule has 1 fully saturated rings. The van der Waals surface area contributed by atoms with Gasteiger partial charge in [0.1, 0.15) is 17.4 Å². The number of rotatable bonds is 5. The highest BCUT2D eigenvalue weighted by Crippen LogP contribution is 2.38. The van der Waals surface area contributed by atoms with Crippen LogP contribution in [0, 0.1) is 17.6 Å². The molecule has 3 rings (SSSR count). The van der Waals surface area contributed by atoms with Crippen LogP contribution < -0.4 is 4.74 Å². The van der Waals surface area contributed by atoms with Gasteiger partial charge in [-0.2, -0.15) is 0 Å². The Morgan fingerprint density at radius 1 is 1.07 bits per heavy atom. The quantitative estimate of drug-likeness (QED) is 0.408. The standard InChI is InChI=1S/C22H23ClF2O2/c1-2-3-14-4-6-15(7-5-14)16-8-10-18(20(24)12-16)22(26)27-17-9-11-19(23)21(25)13-17/h8-15H,2-7H2,1H3/t14-,15-. The van der Waals surface area contributed by atoms with Crippen LogP contribution in [0.2, 0.25) is 5.02 Å². The predicted molar refractivity (Wildman–Crippen MR) is 102 cm³/mol. The summed E-state index contributed by atoms with van der Waals surface area (Å²) in [4.78, 5) is 12.2. The van der Waals surface area contributed by atoms with Crippen molar-refractivity contribution in [2.75, 3.05) is 0 Å². The smallest absolute Gasteiger partial charge is 0.346 e. The van der Waals surface area contributed by atoms with Gasteiger partial charge in [-0.25, -0.2) is 13.6 Å². The summed E-state index contributed by atoms with van der Waals surface area (Å²) in [5.74, 6) is -1.06. The summed E-state index contributed by atoms with van der Waals surface area (Å²) in [6.45, 7) is 2.21. The zero-order chi connectivity index (χ0) is 19.4. The molecule has 0 aliphatic heterocycles. The Balaban J connectivity index is 1.67. The van der Waals surface area contributed by atoms with E-state index in [0.29, 0.717) is 5.92 Å². The minimum Gasteiger partial charge on any atom is -0.423 e. The molecule has 27 heavy (non-hydrogen) atoms. The van der Waals surface area contributed by atoms with Gasteiger partial charge in [-0.15, -0.1) is 0 Å². The Morgan fingerprint density at radius 3 is 2.44 bits per heavy atom. The highest BCUT2D eigenvalue weighted by Gasteiger charge is 2.23. The first-order valence-electron chi connectivity index (χ1n) is 9.44. The number of carbonyl (C=O) groups is 1. The summed E-state index contributed by atoms with van der Waals surface area (Å²) in [5, 5.41) is -0.0704. The lowest BCUT2D eigenvalue weighted by Crippen LogP contribution is -2.15. The Hall–Kier alpha value is -1.94. The fourth-order valence-electron chi connectivity index (χ4n) is 3.85. The molecule has 0 saturated heterocycles. The molecule has 0 bridgehead atoms. The normalized spacial score (nSPS) is 19.7. The Labute approximate surface area is 163 Å². The number of esters is 1. The third-order valence-corrected chi connectivity index (χ3v) is 5.64. The van der Waals surface area contributed by atoms with E-state index in [-0.39, 0.29) is 16.3 Å². The van der Waals surface area contributed by atoms with Crippen molar-refractivity contribution in [1.29, 1.82) is 0 Å². The van der Waals surface area contributed by atoms with E-state index in [1.165, 1.54) is 49.9 Å². The van der Waals surface area contributed by atoms with Crippen molar-refractivity contribution in [2.45, 2.75) is 51.4 Å². The van der Waals surface area contributed by atoms with Crippen LogP contribution >= 0.6 is 11.6 Å². The maximum absolute atomic E-state index is 14.5. The third kappa shape index (κ3) is 4.86. The van der Waals surface area contributed by atoms with Crippen LogP contribution in [0.1, 0.15) is 67.3 Å². The number of hydrogen-bond acceptors (Lipinski definition) is 2. The van der Waals surface area contributed by atoms with Crippen LogP contribution in [-0.2, 0) is 0 Å². The maximum atomic E-state index is 14.5. The molecular formula is C22H23ClF2O2. The number of benzene rings is 2. The maximum Gasteiger partial charge on any atom is 0.346 e. The Bertz CT molecular complexity index is 814. The zero-order valence-electron chi connectivity index (χ0n) is 15.3. The average Bonchev–Trinajstić information content (AvgIpc) is 2.65. The molecule has 0 atom stereocenters. The molecule has 2 nitrogen and oxygen atoms in total. The van der Waals surface area contributed by atoms with Crippen LogP contribution in [0.15, 0.2) is 36.4 Å². The van der Waals surface area contributed by atoms with Crippen LogP contribution in [0.25, 0.3) is 0 Å². The van der Waals surface area contributed by atoms with Crippen LogP contribution in [0.3, 0.4) is 0 Å². The molecular weight excluding hydrogens is 370 g/mol. The average molecular weight is 393 g/mol. The fraction of sp³-hybridized carbons (Fsp3) is 0.409. The van der Waals surface area contributed by atoms with E-state index in [1.54, 1.807) is 6.07 Å². The van der Waals surface area contributed by atoms with Gasteiger partial charge in [0.2, 0.25) is 0 Å². The second-order valence-corrected chi connectivity index (χ2v) is 7.62. The molecule has 0 unspecified atom stereocenters. The highest BCUT2D eigenvalue weighted by molar-refractivity contribution is 6.30. The summed E-state index contributed by atoms with van der Waals surface area (Å²) < 4.78 is 33.0. The van der Waals surface area contributed by atoms with Crippen molar-refractivity contribution >= 4 is 17.6 Å². The molecule has 0 N–H and O–H groups in total. The second kappa shape index (κ2) is 8.83. The summed E-state index contributed by atoms with van der Waals surface area (Å²) in [5.41, 5.74) is 0.769. The molecule has 0 radical (unpaired) electrons. The molecule has 1 aliphatic rings. The lowest BCUT2D eigenvalue weighted by atomic mass is 9.77. The largest absolute Gasteiger partial charge is 0.423 e. The molecule has 0 heterocycles. The fourth-order valence-corrected chi connectivity index (χ4v) is 3.96. The molecule has 0 spiro atoms.